The molecule has 0 aliphatic rings. The Morgan fingerprint density at radius 3 is 2.17 bits per heavy atom. The highest BCUT2D eigenvalue weighted by atomic mass is 19.4. The molecule has 0 unspecified atom stereocenters. The zero-order valence-electron chi connectivity index (χ0n) is 8.32. The first-order chi connectivity index (χ1) is 8.04. The third kappa shape index (κ3) is 3.39. The maximum atomic E-state index is 12.3. The summed E-state index contributed by atoms with van der Waals surface area (Å²) in [6, 6.07) is 0.190. The monoisotopic (exact) mass is 277 g/mol. The van der Waals surface area contributed by atoms with Crippen molar-refractivity contribution in [2.45, 2.75) is 19.1 Å². The molecule has 0 saturated carbocycles. The second-order valence-corrected chi connectivity index (χ2v) is 3.07. The van der Waals surface area contributed by atoms with Crippen LogP contribution in [0.3, 0.4) is 0 Å². The van der Waals surface area contributed by atoms with Gasteiger partial charge >= 0.3 is 12.5 Å². The summed E-state index contributed by atoms with van der Waals surface area (Å²) in [5, 5.41) is 8.64. The lowest BCUT2D eigenvalue weighted by Crippen LogP contribution is -2.26. The summed E-state index contributed by atoms with van der Waals surface area (Å²) < 4.78 is 75.7. The Hall–Kier alpha value is -1.71. The van der Waals surface area contributed by atoms with Crippen molar-refractivity contribution < 1.29 is 36.2 Å². The van der Waals surface area contributed by atoms with E-state index in [0.717, 1.165) is 0 Å². The van der Waals surface area contributed by atoms with Gasteiger partial charge in [-0.2, -0.15) is 13.2 Å². The molecule has 1 rings (SSSR count). The average Bonchev–Trinajstić information content (AvgIpc) is 2.17. The molecule has 1 aromatic heterocycles. The number of pyridine rings is 1. The standard InChI is InChI=1S/C8H5F6NO3/c9-7(10,11)5-3(2-16)1-4(6(17)15-5)18-8(12,13)14/h1,16H,2H2,(H,15,17). The summed E-state index contributed by atoms with van der Waals surface area (Å²) in [5.74, 6) is -1.38. The number of aliphatic hydroxyl groups is 1. The number of aromatic nitrogens is 1. The van der Waals surface area contributed by atoms with Gasteiger partial charge in [0.2, 0.25) is 0 Å². The number of nitrogens with one attached hydrogen (secondary N) is 1. The van der Waals surface area contributed by atoms with Crippen LogP contribution in [-0.2, 0) is 12.8 Å². The van der Waals surface area contributed by atoms with Gasteiger partial charge in [0.25, 0.3) is 5.56 Å². The molecule has 0 aliphatic heterocycles. The minimum absolute atomic E-state index is 0.190. The topological polar surface area (TPSA) is 62.3 Å². The van der Waals surface area contributed by atoms with Gasteiger partial charge in [-0.25, -0.2) is 0 Å². The van der Waals surface area contributed by atoms with E-state index in [9.17, 15) is 31.1 Å². The summed E-state index contributed by atoms with van der Waals surface area (Å²) in [6.07, 6.45) is -10.2. The molecule has 0 spiro atoms. The molecule has 0 aromatic carbocycles. The molecule has 10 heteroatoms. The van der Waals surface area contributed by atoms with Gasteiger partial charge in [-0.05, 0) is 6.07 Å². The Morgan fingerprint density at radius 2 is 1.78 bits per heavy atom. The molecular formula is C8H5F6NO3. The number of aliphatic hydroxyl groups excluding tert-OH is 1. The number of hydrogen-bond acceptors (Lipinski definition) is 3. The third-order valence-electron chi connectivity index (χ3n) is 1.77. The summed E-state index contributed by atoms with van der Waals surface area (Å²) in [5.41, 5.74) is -4.25. The minimum Gasteiger partial charge on any atom is -0.400 e. The van der Waals surface area contributed by atoms with Crippen molar-refractivity contribution in [2.24, 2.45) is 0 Å². The number of hydrogen-bond donors (Lipinski definition) is 2. The summed E-state index contributed by atoms with van der Waals surface area (Å²) >= 11 is 0. The van der Waals surface area contributed by atoms with Gasteiger partial charge < -0.3 is 14.8 Å². The van der Waals surface area contributed by atoms with Crippen LogP contribution in [0.5, 0.6) is 5.75 Å². The zero-order valence-corrected chi connectivity index (χ0v) is 8.32. The van der Waals surface area contributed by atoms with Crippen molar-refractivity contribution in [3.8, 4) is 5.75 Å². The lowest BCUT2D eigenvalue weighted by atomic mass is 10.2. The fourth-order valence-corrected chi connectivity index (χ4v) is 1.13. The lowest BCUT2D eigenvalue weighted by Gasteiger charge is -2.13. The normalized spacial score (nSPS) is 12.6. The molecule has 0 amide bonds. The first-order valence-electron chi connectivity index (χ1n) is 4.24. The molecule has 2 N–H and O–H groups in total. The van der Waals surface area contributed by atoms with Gasteiger partial charge in [0.05, 0.1) is 6.61 Å². The van der Waals surface area contributed by atoms with E-state index < -0.39 is 41.7 Å². The second kappa shape index (κ2) is 4.52. The molecule has 4 nitrogen and oxygen atoms in total. The molecule has 0 saturated heterocycles. The van der Waals surface area contributed by atoms with Gasteiger partial charge in [0, 0.05) is 5.56 Å². The molecule has 102 valence electrons. The van der Waals surface area contributed by atoms with Gasteiger partial charge in [-0.15, -0.1) is 13.2 Å². The predicted molar refractivity (Wildman–Crippen MR) is 44.7 cm³/mol. The SMILES string of the molecule is O=c1[nH]c(C(F)(F)F)c(CO)cc1OC(F)(F)F. The van der Waals surface area contributed by atoms with Crippen LogP contribution in [0.4, 0.5) is 26.3 Å². The molecular weight excluding hydrogens is 272 g/mol. The van der Waals surface area contributed by atoms with E-state index in [1.165, 1.54) is 4.98 Å². The van der Waals surface area contributed by atoms with E-state index in [2.05, 4.69) is 4.74 Å². The van der Waals surface area contributed by atoms with Crippen LogP contribution >= 0.6 is 0 Å². The Morgan fingerprint density at radius 1 is 1.22 bits per heavy atom. The first-order valence-corrected chi connectivity index (χ1v) is 4.24. The maximum Gasteiger partial charge on any atom is 0.573 e. The average molecular weight is 277 g/mol. The summed E-state index contributed by atoms with van der Waals surface area (Å²) in [4.78, 5) is 12.2. The second-order valence-electron chi connectivity index (χ2n) is 3.07. The lowest BCUT2D eigenvalue weighted by molar-refractivity contribution is -0.275. The molecule has 1 aromatic rings. The number of halogens is 6. The van der Waals surface area contributed by atoms with E-state index in [-0.39, 0.29) is 6.07 Å². The highest BCUT2D eigenvalue weighted by Crippen LogP contribution is 2.31. The van der Waals surface area contributed by atoms with E-state index >= 15 is 0 Å². The smallest absolute Gasteiger partial charge is 0.400 e. The van der Waals surface area contributed by atoms with Crippen LogP contribution < -0.4 is 10.3 Å². The fraction of sp³-hybridized carbons (Fsp3) is 0.375. The zero-order chi connectivity index (χ0) is 14.1. The molecule has 18 heavy (non-hydrogen) atoms. The summed E-state index contributed by atoms with van der Waals surface area (Å²) in [6.45, 7) is -1.21. The highest BCUT2D eigenvalue weighted by molar-refractivity contribution is 5.30. The highest BCUT2D eigenvalue weighted by Gasteiger charge is 2.37. The van der Waals surface area contributed by atoms with E-state index in [4.69, 9.17) is 5.11 Å². The Kier molecular flexibility index (Phi) is 3.60. The van der Waals surface area contributed by atoms with E-state index in [1.807, 2.05) is 0 Å². The van der Waals surface area contributed by atoms with Crippen LogP contribution in [0.25, 0.3) is 0 Å². The molecule has 0 atom stereocenters. The van der Waals surface area contributed by atoms with Crippen molar-refractivity contribution >= 4 is 0 Å². The predicted octanol–water partition coefficient (Wildman–Crippen LogP) is 1.78. The Labute approximate surface area is 94.8 Å². The first kappa shape index (κ1) is 14.4. The Balaban J connectivity index is 3.32. The van der Waals surface area contributed by atoms with E-state index in [1.54, 1.807) is 0 Å². The van der Waals surface area contributed by atoms with Crippen LogP contribution in [0, 0.1) is 0 Å². The number of H-pyrrole nitrogens is 1. The molecule has 0 radical (unpaired) electrons. The van der Waals surface area contributed by atoms with Gasteiger partial charge in [-0.3, -0.25) is 4.79 Å². The fourth-order valence-electron chi connectivity index (χ4n) is 1.13. The molecule has 1 heterocycles. The van der Waals surface area contributed by atoms with Crippen molar-refractivity contribution in [1.29, 1.82) is 0 Å². The van der Waals surface area contributed by atoms with Crippen molar-refractivity contribution in [2.75, 3.05) is 0 Å². The van der Waals surface area contributed by atoms with Crippen LogP contribution in [0.15, 0.2) is 10.9 Å². The van der Waals surface area contributed by atoms with Crippen molar-refractivity contribution in [3.63, 3.8) is 0 Å². The van der Waals surface area contributed by atoms with Crippen molar-refractivity contribution in [1.82, 2.24) is 4.98 Å². The van der Waals surface area contributed by atoms with Gasteiger partial charge in [0.15, 0.2) is 5.75 Å². The molecule has 0 bridgehead atoms. The van der Waals surface area contributed by atoms with E-state index in [0.29, 0.717) is 0 Å². The largest absolute Gasteiger partial charge is 0.573 e. The van der Waals surface area contributed by atoms with Crippen LogP contribution in [0.2, 0.25) is 0 Å². The van der Waals surface area contributed by atoms with Crippen LogP contribution in [-0.4, -0.2) is 16.5 Å². The number of alkyl halides is 6. The minimum atomic E-state index is -5.22. The third-order valence-corrected chi connectivity index (χ3v) is 1.77. The van der Waals surface area contributed by atoms with Crippen LogP contribution in [0.1, 0.15) is 11.3 Å². The Bertz CT molecular complexity index is 489. The number of aromatic amines is 1. The maximum absolute atomic E-state index is 12.3. The number of rotatable bonds is 2. The van der Waals surface area contributed by atoms with Gasteiger partial charge in [-0.1, -0.05) is 0 Å². The molecule has 0 fully saturated rings. The molecule has 0 aliphatic carbocycles. The number of ether oxygens (including phenoxy) is 1. The summed E-state index contributed by atoms with van der Waals surface area (Å²) in [7, 11) is 0. The van der Waals surface area contributed by atoms with Crippen molar-refractivity contribution in [3.05, 3.63) is 27.7 Å². The van der Waals surface area contributed by atoms with Gasteiger partial charge in [0.1, 0.15) is 5.69 Å². The quantitative estimate of drug-likeness (QED) is 0.810.